The van der Waals surface area contributed by atoms with Crippen molar-refractivity contribution in [3.63, 3.8) is 0 Å². The van der Waals surface area contributed by atoms with Gasteiger partial charge >= 0.3 is 5.97 Å². The maximum atomic E-state index is 11.8. The lowest BCUT2D eigenvalue weighted by molar-refractivity contribution is -0.143. The van der Waals surface area contributed by atoms with Gasteiger partial charge in [0.05, 0.1) is 6.61 Å². The van der Waals surface area contributed by atoms with Crippen molar-refractivity contribution in [3.05, 3.63) is 35.5 Å². The average Bonchev–Trinajstić information content (AvgIpc) is 2.74. The van der Waals surface area contributed by atoms with Gasteiger partial charge in [0.1, 0.15) is 6.54 Å². The zero-order chi connectivity index (χ0) is 14.1. The van der Waals surface area contributed by atoms with Crippen LogP contribution >= 0.6 is 12.4 Å². The number of para-hydroxylation sites is 1. The SMILES string of the molecule is CCOC(=O)Cn1c2c(c3ccccc31)C[C@@H](N)CC2.Cl. The summed E-state index contributed by atoms with van der Waals surface area (Å²) < 4.78 is 7.20. The Labute approximate surface area is 130 Å². The Bertz CT molecular complexity index is 651. The summed E-state index contributed by atoms with van der Waals surface area (Å²) in [5.74, 6) is -0.175. The Morgan fingerprint density at radius 2 is 2.19 bits per heavy atom. The third-order valence-corrected chi connectivity index (χ3v) is 4.00. The molecule has 1 aromatic heterocycles. The lowest BCUT2D eigenvalue weighted by Gasteiger charge is -2.20. The van der Waals surface area contributed by atoms with E-state index in [1.54, 1.807) is 0 Å². The molecule has 0 saturated heterocycles. The molecule has 0 aliphatic heterocycles. The first-order valence-electron chi connectivity index (χ1n) is 7.21. The Kier molecular flexibility index (Phi) is 4.91. The third-order valence-electron chi connectivity index (χ3n) is 4.00. The highest BCUT2D eigenvalue weighted by molar-refractivity contribution is 5.87. The van der Waals surface area contributed by atoms with Crippen LogP contribution in [0.3, 0.4) is 0 Å². The van der Waals surface area contributed by atoms with Gasteiger partial charge in [-0.1, -0.05) is 18.2 Å². The van der Waals surface area contributed by atoms with Crippen molar-refractivity contribution in [1.82, 2.24) is 4.57 Å². The van der Waals surface area contributed by atoms with E-state index in [0.29, 0.717) is 13.2 Å². The smallest absolute Gasteiger partial charge is 0.325 e. The number of benzene rings is 1. The van der Waals surface area contributed by atoms with E-state index in [-0.39, 0.29) is 24.4 Å². The minimum atomic E-state index is -0.175. The van der Waals surface area contributed by atoms with Crippen molar-refractivity contribution in [1.29, 1.82) is 0 Å². The number of nitrogens with two attached hydrogens (primary N) is 1. The second-order valence-corrected chi connectivity index (χ2v) is 5.34. The van der Waals surface area contributed by atoms with Crippen molar-refractivity contribution < 1.29 is 9.53 Å². The summed E-state index contributed by atoms with van der Waals surface area (Å²) in [6, 6.07) is 8.46. The summed E-state index contributed by atoms with van der Waals surface area (Å²) >= 11 is 0. The van der Waals surface area contributed by atoms with E-state index < -0.39 is 0 Å². The van der Waals surface area contributed by atoms with Crippen LogP contribution in [0, 0.1) is 0 Å². The zero-order valence-corrected chi connectivity index (χ0v) is 13.0. The summed E-state index contributed by atoms with van der Waals surface area (Å²) in [5.41, 5.74) is 9.77. The summed E-state index contributed by atoms with van der Waals surface area (Å²) in [5, 5.41) is 1.22. The van der Waals surface area contributed by atoms with Gasteiger partial charge in [0.2, 0.25) is 0 Å². The monoisotopic (exact) mass is 308 g/mol. The minimum absolute atomic E-state index is 0. The van der Waals surface area contributed by atoms with E-state index in [2.05, 4.69) is 16.7 Å². The number of hydrogen-bond acceptors (Lipinski definition) is 3. The number of nitrogens with zero attached hydrogens (tertiary/aromatic N) is 1. The average molecular weight is 309 g/mol. The summed E-state index contributed by atoms with van der Waals surface area (Å²) in [4.78, 5) is 11.8. The first kappa shape index (κ1) is 15.9. The van der Waals surface area contributed by atoms with Crippen molar-refractivity contribution in [2.45, 2.75) is 38.8 Å². The molecule has 1 aliphatic carbocycles. The molecule has 5 heteroatoms. The quantitative estimate of drug-likeness (QED) is 0.886. The predicted molar refractivity (Wildman–Crippen MR) is 85.8 cm³/mol. The molecule has 114 valence electrons. The number of esters is 1. The number of aromatic nitrogens is 1. The molecule has 3 rings (SSSR count). The molecule has 0 amide bonds. The van der Waals surface area contributed by atoms with Gasteiger partial charge in [0.25, 0.3) is 0 Å². The fraction of sp³-hybridized carbons (Fsp3) is 0.438. The first-order valence-corrected chi connectivity index (χ1v) is 7.21. The lowest BCUT2D eigenvalue weighted by Crippen LogP contribution is -2.28. The van der Waals surface area contributed by atoms with Crippen molar-refractivity contribution in [3.8, 4) is 0 Å². The maximum absolute atomic E-state index is 11.8. The predicted octanol–water partition coefficient (Wildman–Crippen LogP) is 2.44. The Morgan fingerprint density at radius 3 is 2.95 bits per heavy atom. The van der Waals surface area contributed by atoms with Crippen LogP contribution in [0.25, 0.3) is 10.9 Å². The van der Waals surface area contributed by atoms with Gasteiger partial charge in [-0.25, -0.2) is 0 Å². The molecule has 1 aliphatic rings. The van der Waals surface area contributed by atoms with Gasteiger partial charge in [0, 0.05) is 22.6 Å². The third kappa shape index (κ3) is 2.92. The molecule has 0 saturated carbocycles. The molecule has 4 nitrogen and oxygen atoms in total. The number of fused-ring (bicyclic) bond motifs is 3. The molecule has 1 aromatic carbocycles. The second-order valence-electron chi connectivity index (χ2n) is 5.34. The van der Waals surface area contributed by atoms with E-state index in [1.807, 2.05) is 19.1 Å². The van der Waals surface area contributed by atoms with Crippen LogP contribution in [-0.2, 0) is 28.9 Å². The van der Waals surface area contributed by atoms with Crippen LogP contribution in [0.2, 0.25) is 0 Å². The Morgan fingerprint density at radius 1 is 1.43 bits per heavy atom. The molecule has 2 N–H and O–H groups in total. The number of ether oxygens (including phenoxy) is 1. The van der Waals surface area contributed by atoms with Crippen LogP contribution < -0.4 is 5.73 Å². The highest BCUT2D eigenvalue weighted by atomic mass is 35.5. The van der Waals surface area contributed by atoms with E-state index in [0.717, 1.165) is 24.8 Å². The largest absolute Gasteiger partial charge is 0.465 e. The molecule has 0 unspecified atom stereocenters. The highest BCUT2D eigenvalue weighted by Gasteiger charge is 2.24. The topological polar surface area (TPSA) is 57.2 Å². The van der Waals surface area contributed by atoms with E-state index in [4.69, 9.17) is 10.5 Å². The molecular weight excluding hydrogens is 288 g/mol. The normalized spacial score (nSPS) is 17.1. The summed E-state index contributed by atoms with van der Waals surface area (Å²) in [6.45, 7) is 2.55. The maximum Gasteiger partial charge on any atom is 0.325 e. The second kappa shape index (κ2) is 6.50. The van der Waals surface area contributed by atoms with Gasteiger partial charge in [-0.05, 0) is 37.8 Å². The molecule has 21 heavy (non-hydrogen) atoms. The van der Waals surface area contributed by atoms with Gasteiger partial charge < -0.3 is 15.0 Å². The van der Waals surface area contributed by atoms with Crippen LogP contribution in [0.4, 0.5) is 0 Å². The van der Waals surface area contributed by atoms with Crippen molar-refractivity contribution >= 4 is 29.3 Å². The number of carbonyl (C=O) groups is 1. The summed E-state index contributed by atoms with van der Waals surface area (Å²) in [7, 11) is 0. The molecule has 0 bridgehead atoms. The van der Waals surface area contributed by atoms with Crippen LogP contribution in [-0.4, -0.2) is 23.2 Å². The number of hydrogen-bond donors (Lipinski definition) is 1. The number of rotatable bonds is 3. The van der Waals surface area contributed by atoms with Crippen LogP contribution in [0.15, 0.2) is 24.3 Å². The Hall–Kier alpha value is -1.52. The minimum Gasteiger partial charge on any atom is -0.465 e. The summed E-state index contributed by atoms with van der Waals surface area (Å²) in [6.07, 6.45) is 2.81. The molecular formula is C16H21ClN2O2. The van der Waals surface area contributed by atoms with Crippen molar-refractivity contribution in [2.75, 3.05) is 6.61 Å². The lowest BCUT2D eigenvalue weighted by atomic mass is 9.92. The first-order chi connectivity index (χ1) is 9.70. The number of carbonyl (C=O) groups excluding carboxylic acids is 1. The zero-order valence-electron chi connectivity index (χ0n) is 12.2. The molecule has 2 aromatic rings. The molecule has 1 heterocycles. The highest BCUT2D eigenvalue weighted by Crippen LogP contribution is 2.31. The van der Waals surface area contributed by atoms with E-state index >= 15 is 0 Å². The van der Waals surface area contributed by atoms with E-state index in [9.17, 15) is 4.79 Å². The fourth-order valence-corrected chi connectivity index (χ4v) is 3.14. The van der Waals surface area contributed by atoms with E-state index in [1.165, 1.54) is 16.6 Å². The number of halogens is 1. The molecule has 0 spiro atoms. The van der Waals surface area contributed by atoms with Crippen LogP contribution in [0.1, 0.15) is 24.6 Å². The molecule has 0 fully saturated rings. The fourth-order valence-electron chi connectivity index (χ4n) is 3.14. The molecule has 0 radical (unpaired) electrons. The Balaban J connectivity index is 0.00000161. The van der Waals surface area contributed by atoms with Gasteiger partial charge in [-0.15, -0.1) is 12.4 Å². The van der Waals surface area contributed by atoms with Gasteiger partial charge in [-0.3, -0.25) is 4.79 Å². The van der Waals surface area contributed by atoms with Crippen molar-refractivity contribution in [2.24, 2.45) is 5.73 Å². The van der Waals surface area contributed by atoms with Gasteiger partial charge in [0.15, 0.2) is 0 Å². The van der Waals surface area contributed by atoms with Crippen LogP contribution in [0.5, 0.6) is 0 Å². The molecule has 1 atom stereocenters. The van der Waals surface area contributed by atoms with Gasteiger partial charge in [-0.2, -0.15) is 0 Å². The standard InChI is InChI=1S/C16H20N2O2.ClH/c1-2-20-16(19)10-18-14-6-4-3-5-12(14)13-9-11(17)7-8-15(13)18;/h3-6,11H,2,7-10,17H2,1H3;1H/t11-;/m0./s1.